The highest BCUT2D eigenvalue weighted by Gasteiger charge is 2.29. The molecule has 2 aromatic rings. The molecule has 19 heavy (non-hydrogen) atoms. The summed E-state index contributed by atoms with van der Waals surface area (Å²) in [6.07, 6.45) is 0. The molecule has 0 saturated heterocycles. The number of halogens is 2. The summed E-state index contributed by atoms with van der Waals surface area (Å²) >= 11 is 0. The summed E-state index contributed by atoms with van der Waals surface area (Å²) in [4.78, 5) is 0. The van der Waals surface area contributed by atoms with Crippen molar-refractivity contribution in [2.45, 2.75) is 12.5 Å². The van der Waals surface area contributed by atoms with E-state index in [0.29, 0.717) is 11.3 Å². The van der Waals surface area contributed by atoms with Gasteiger partial charge in [0.05, 0.1) is 7.11 Å². The average molecular weight is 264 g/mol. The first-order chi connectivity index (χ1) is 8.95. The number of ether oxygens (including phenoxy) is 1. The van der Waals surface area contributed by atoms with E-state index in [4.69, 9.17) is 4.74 Å². The molecule has 1 atom stereocenters. The van der Waals surface area contributed by atoms with Crippen molar-refractivity contribution in [3.8, 4) is 5.75 Å². The van der Waals surface area contributed by atoms with Crippen LogP contribution in [0.25, 0.3) is 0 Å². The Morgan fingerprint density at radius 2 is 1.74 bits per heavy atom. The normalized spacial score (nSPS) is 13.9. The highest BCUT2D eigenvalue weighted by atomic mass is 19.1. The van der Waals surface area contributed by atoms with Crippen molar-refractivity contribution in [1.82, 2.24) is 0 Å². The topological polar surface area (TPSA) is 29.5 Å². The van der Waals surface area contributed by atoms with E-state index >= 15 is 0 Å². The molecule has 0 aliphatic carbocycles. The Labute approximate surface area is 110 Å². The van der Waals surface area contributed by atoms with Gasteiger partial charge in [0.15, 0.2) is 0 Å². The molecule has 0 aliphatic rings. The number of rotatable bonds is 3. The van der Waals surface area contributed by atoms with Crippen LogP contribution in [0.5, 0.6) is 5.75 Å². The van der Waals surface area contributed by atoms with Gasteiger partial charge < -0.3 is 9.84 Å². The van der Waals surface area contributed by atoms with Crippen LogP contribution in [-0.4, -0.2) is 12.2 Å². The number of hydrogen-bond donors (Lipinski definition) is 1. The predicted molar refractivity (Wildman–Crippen MR) is 68.0 cm³/mol. The van der Waals surface area contributed by atoms with Gasteiger partial charge in [-0.25, -0.2) is 8.78 Å². The van der Waals surface area contributed by atoms with Crippen LogP contribution in [0.2, 0.25) is 0 Å². The van der Waals surface area contributed by atoms with Crippen LogP contribution in [0.15, 0.2) is 42.5 Å². The quantitative estimate of drug-likeness (QED) is 0.922. The number of hydrogen-bond acceptors (Lipinski definition) is 2. The fourth-order valence-electron chi connectivity index (χ4n) is 2.01. The predicted octanol–water partition coefficient (Wildman–Crippen LogP) is 3.23. The lowest BCUT2D eigenvalue weighted by atomic mass is 9.87. The molecule has 1 unspecified atom stereocenters. The van der Waals surface area contributed by atoms with Gasteiger partial charge in [-0.2, -0.15) is 0 Å². The molecule has 0 saturated carbocycles. The third-order valence-corrected chi connectivity index (χ3v) is 3.07. The highest BCUT2D eigenvalue weighted by Crippen LogP contribution is 2.35. The van der Waals surface area contributed by atoms with Crippen LogP contribution in [-0.2, 0) is 5.60 Å². The van der Waals surface area contributed by atoms with E-state index in [1.165, 1.54) is 50.4 Å². The lowest BCUT2D eigenvalue weighted by Crippen LogP contribution is -2.24. The molecule has 0 radical (unpaired) electrons. The fourth-order valence-corrected chi connectivity index (χ4v) is 2.01. The van der Waals surface area contributed by atoms with E-state index < -0.39 is 17.2 Å². The van der Waals surface area contributed by atoms with Crippen LogP contribution < -0.4 is 4.74 Å². The largest absolute Gasteiger partial charge is 0.496 e. The Hall–Kier alpha value is -1.94. The van der Waals surface area contributed by atoms with Gasteiger partial charge in [-0.3, -0.25) is 0 Å². The Balaban J connectivity index is 2.58. The lowest BCUT2D eigenvalue weighted by molar-refractivity contribution is 0.0981. The summed E-state index contributed by atoms with van der Waals surface area (Å²) in [5, 5.41) is 10.6. The van der Waals surface area contributed by atoms with Crippen LogP contribution in [0.3, 0.4) is 0 Å². The summed E-state index contributed by atoms with van der Waals surface area (Å²) in [7, 11) is 1.43. The van der Waals surface area contributed by atoms with Crippen molar-refractivity contribution >= 4 is 0 Å². The smallest absolute Gasteiger partial charge is 0.125 e. The van der Waals surface area contributed by atoms with Crippen molar-refractivity contribution in [2.24, 2.45) is 0 Å². The second-order valence-electron chi connectivity index (χ2n) is 4.43. The van der Waals surface area contributed by atoms with Gasteiger partial charge in [-0.15, -0.1) is 0 Å². The molecule has 0 amide bonds. The second-order valence-corrected chi connectivity index (χ2v) is 4.43. The van der Waals surface area contributed by atoms with Crippen LogP contribution >= 0.6 is 0 Å². The molecule has 0 heterocycles. The monoisotopic (exact) mass is 264 g/mol. The van der Waals surface area contributed by atoms with Gasteiger partial charge in [0.2, 0.25) is 0 Å². The first kappa shape index (κ1) is 13.5. The summed E-state index contributed by atoms with van der Waals surface area (Å²) in [5.74, 6) is -0.615. The molecule has 0 spiro atoms. The summed E-state index contributed by atoms with van der Waals surface area (Å²) in [5.41, 5.74) is -0.966. The van der Waals surface area contributed by atoms with Crippen molar-refractivity contribution in [2.75, 3.05) is 7.11 Å². The van der Waals surface area contributed by atoms with E-state index in [1.807, 2.05) is 0 Å². The Bertz CT molecular complexity index is 594. The van der Waals surface area contributed by atoms with Gasteiger partial charge in [-0.1, -0.05) is 12.1 Å². The first-order valence-electron chi connectivity index (χ1n) is 5.77. The summed E-state index contributed by atoms with van der Waals surface area (Å²) in [6.45, 7) is 1.47. The fraction of sp³-hybridized carbons (Fsp3) is 0.200. The van der Waals surface area contributed by atoms with Crippen molar-refractivity contribution in [3.05, 3.63) is 65.2 Å². The van der Waals surface area contributed by atoms with E-state index in [0.717, 1.165) is 0 Å². The molecular weight excluding hydrogens is 250 g/mol. The number of benzene rings is 2. The van der Waals surface area contributed by atoms with E-state index in [9.17, 15) is 13.9 Å². The summed E-state index contributed by atoms with van der Waals surface area (Å²) in [6, 6.07) is 9.41. The van der Waals surface area contributed by atoms with Crippen molar-refractivity contribution < 1.29 is 18.6 Å². The van der Waals surface area contributed by atoms with E-state index in [-0.39, 0.29) is 5.56 Å². The van der Waals surface area contributed by atoms with E-state index in [1.54, 1.807) is 6.07 Å². The first-order valence-corrected chi connectivity index (χ1v) is 5.77. The minimum absolute atomic E-state index is 0.251. The minimum atomic E-state index is -1.55. The highest BCUT2D eigenvalue weighted by molar-refractivity contribution is 5.44. The molecule has 2 nitrogen and oxygen atoms in total. The van der Waals surface area contributed by atoms with Crippen LogP contribution in [0, 0.1) is 11.6 Å². The number of aliphatic hydroxyl groups is 1. The standard InChI is InChI=1S/C15H14F2O2/c1-15(18,10-4-3-5-11(16)8-10)13-9-12(17)6-7-14(13)19-2/h3-9,18H,1-2H3. The van der Waals surface area contributed by atoms with Gasteiger partial charge in [0.1, 0.15) is 23.0 Å². The average Bonchev–Trinajstić information content (AvgIpc) is 2.38. The third-order valence-electron chi connectivity index (χ3n) is 3.07. The van der Waals surface area contributed by atoms with E-state index in [2.05, 4.69) is 0 Å². The molecule has 0 aliphatic heterocycles. The van der Waals surface area contributed by atoms with Gasteiger partial charge in [0, 0.05) is 5.56 Å². The van der Waals surface area contributed by atoms with Gasteiger partial charge in [-0.05, 0) is 42.8 Å². The molecule has 0 bridgehead atoms. The second kappa shape index (κ2) is 4.97. The molecular formula is C15H14F2O2. The molecule has 2 aromatic carbocycles. The zero-order valence-electron chi connectivity index (χ0n) is 10.7. The summed E-state index contributed by atoms with van der Waals surface area (Å²) < 4.78 is 31.7. The third kappa shape index (κ3) is 2.58. The SMILES string of the molecule is COc1ccc(F)cc1C(C)(O)c1cccc(F)c1. The maximum atomic E-state index is 13.4. The van der Waals surface area contributed by atoms with Crippen molar-refractivity contribution in [1.29, 1.82) is 0 Å². The molecule has 0 fully saturated rings. The maximum absolute atomic E-state index is 13.4. The van der Waals surface area contributed by atoms with Crippen LogP contribution in [0.4, 0.5) is 8.78 Å². The molecule has 100 valence electrons. The zero-order chi connectivity index (χ0) is 14.0. The number of methoxy groups -OCH3 is 1. The van der Waals surface area contributed by atoms with Gasteiger partial charge in [0.25, 0.3) is 0 Å². The van der Waals surface area contributed by atoms with Crippen molar-refractivity contribution in [3.63, 3.8) is 0 Å². The Kier molecular flexibility index (Phi) is 3.53. The Morgan fingerprint density at radius 3 is 2.37 bits per heavy atom. The molecule has 4 heteroatoms. The maximum Gasteiger partial charge on any atom is 0.125 e. The molecule has 0 aromatic heterocycles. The Morgan fingerprint density at radius 1 is 1.05 bits per heavy atom. The minimum Gasteiger partial charge on any atom is -0.496 e. The molecule has 2 rings (SSSR count). The molecule has 1 N–H and O–H groups in total. The lowest BCUT2D eigenvalue weighted by Gasteiger charge is -2.26. The van der Waals surface area contributed by atoms with Gasteiger partial charge >= 0.3 is 0 Å². The zero-order valence-corrected chi connectivity index (χ0v) is 10.7. The van der Waals surface area contributed by atoms with Crippen LogP contribution in [0.1, 0.15) is 18.1 Å².